The van der Waals surface area contributed by atoms with Crippen molar-refractivity contribution in [3.05, 3.63) is 23.9 Å². The molecule has 0 radical (unpaired) electrons. The fourth-order valence-corrected chi connectivity index (χ4v) is 2.99. The first kappa shape index (κ1) is 15.1. The quantitative estimate of drug-likeness (QED) is 0.865. The molecule has 112 valence electrons. The Morgan fingerprint density at radius 3 is 2.85 bits per heavy atom. The van der Waals surface area contributed by atoms with Crippen LogP contribution in [0.25, 0.3) is 0 Å². The molecule has 1 aliphatic carbocycles. The number of nitrogens with zero attached hydrogens (tertiary/aromatic N) is 1. The van der Waals surface area contributed by atoms with Gasteiger partial charge in [0.05, 0.1) is 5.56 Å². The summed E-state index contributed by atoms with van der Waals surface area (Å²) in [6.45, 7) is 2.80. The van der Waals surface area contributed by atoms with Gasteiger partial charge < -0.3 is 5.32 Å². The van der Waals surface area contributed by atoms with E-state index in [4.69, 9.17) is 0 Å². The lowest BCUT2D eigenvalue weighted by Crippen LogP contribution is -2.18. The Labute approximate surface area is 117 Å². The average Bonchev–Trinajstić information content (AvgIpc) is 2.38. The molecule has 2 rings (SSSR count). The first-order valence-corrected chi connectivity index (χ1v) is 7.23. The van der Waals surface area contributed by atoms with Crippen molar-refractivity contribution in [1.29, 1.82) is 0 Å². The predicted octanol–water partition coefficient (Wildman–Crippen LogP) is 4.73. The minimum atomic E-state index is -4.35. The van der Waals surface area contributed by atoms with E-state index in [2.05, 4.69) is 17.2 Å². The first-order chi connectivity index (χ1) is 9.47. The summed E-state index contributed by atoms with van der Waals surface area (Å²) in [5.74, 6) is 1.32. The SMILES string of the molecule is CC1CCCC(CCNc2ncccc2C(F)(F)F)C1. The molecule has 1 saturated carbocycles. The lowest BCUT2D eigenvalue weighted by Gasteiger charge is -2.26. The van der Waals surface area contributed by atoms with Gasteiger partial charge in [-0.2, -0.15) is 13.2 Å². The van der Waals surface area contributed by atoms with Crippen LogP contribution in [0, 0.1) is 11.8 Å². The van der Waals surface area contributed by atoms with Gasteiger partial charge in [-0.05, 0) is 36.8 Å². The second kappa shape index (κ2) is 6.46. The van der Waals surface area contributed by atoms with Gasteiger partial charge in [-0.15, -0.1) is 0 Å². The van der Waals surface area contributed by atoms with Crippen molar-refractivity contribution in [2.45, 2.75) is 45.2 Å². The molecule has 0 amide bonds. The third kappa shape index (κ3) is 4.12. The Hall–Kier alpha value is -1.26. The first-order valence-electron chi connectivity index (χ1n) is 7.23. The van der Waals surface area contributed by atoms with Crippen LogP contribution in [0.15, 0.2) is 18.3 Å². The second-order valence-corrected chi connectivity index (χ2v) is 5.75. The minimum Gasteiger partial charge on any atom is -0.370 e. The van der Waals surface area contributed by atoms with Gasteiger partial charge in [0.15, 0.2) is 0 Å². The smallest absolute Gasteiger partial charge is 0.370 e. The number of halogens is 3. The molecule has 0 spiro atoms. The second-order valence-electron chi connectivity index (χ2n) is 5.75. The van der Waals surface area contributed by atoms with Crippen LogP contribution in [0.2, 0.25) is 0 Å². The largest absolute Gasteiger partial charge is 0.419 e. The van der Waals surface area contributed by atoms with Crippen molar-refractivity contribution in [3.8, 4) is 0 Å². The molecule has 2 atom stereocenters. The van der Waals surface area contributed by atoms with Crippen molar-refractivity contribution in [2.75, 3.05) is 11.9 Å². The molecule has 1 N–H and O–H groups in total. The summed E-state index contributed by atoms with van der Waals surface area (Å²) in [7, 11) is 0. The molecule has 1 heterocycles. The summed E-state index contributed by atoms with van der Waals surface area (Å²) in [5.41, 5.74) is -0.683. The summed E-state index contributed by atoms with van der Waals surface area (Å²) in [4.78, 5) is 3.81. The Kier molecular flexibility index (Phi) is 4.89. The van der Waals surface area contributed by atoms with Gasteiger partial charge in [0.2, 0.25) is 0 Å². The summed E-state index contributed by atoms with van der Waals surface area (Å²) in [5, 5.41) is 2.85. The molecular formula is C15H21F3N2. The average molecular weight is 286 g/mol. The third-order valence-corrected chi connectivity index (χ3v) is 4.00. The van der Waals surface area contributed by atoms with Crippen molar-refractivity contribution in [3.63, 3.8) is 0 Å². The Morgan fingerprint density at radius 2 is 2.15 bits per heavy atom. The summed E-state index contributed by atoms with van der Waals surface area (Å²) < 4.78 is 38.4. The van der Waals surface area contributed by atoms with E-state index in [0.717, 1.165) is 18.4 Å². The van der Waals surface area contributed by atoms with Crippen LogP contribution < -0.4 is 5.32 Å². The number of hydrogen-bond acceptors (Lipinski definition) is 2. The molecule has 0 aromatic carbocycles. The number of pyridine rings is 1. The topological polar surface area (TPSA) is 24.9 Å². The van der Waals surface area contributed by atoms with E-state index in [1.165, 1.54) is 37.9 Å². The highest BCUT2D eigenvalue weighted by molar-refractivity contribution is 5.45. The monoisotopic (exact) mass is 286 g/mol. The van der Waals surface area contributed by atoms with Gasteiger partial charge >= 0.3 is 6.18 Å². The molecular weight excluding hydrogens is 265 g/mol. The van der Waals surface area contributed by atoms with Crippen LogP contribution in [0.4, 0.5) is 19.0 Å². The van der Waals surface area contributed by atoms with Gasteiger partial charge in [-0.3, -0.25) is 0 Å². The van der Waals surface area contributed by atoms with E-state index in [1.54, 1.807) is 0 Å². The van der Waals surface area contributed by atoms with Crippen LogP contribution in [-0.2, 0) is 6.18 Å². The molecule has 1 fully saturated rings. The molecule has 2 nitrogen and oxygen atoms in total. The van der Waals surface area contributed by atoms with Crippen molar-refractivity contribution in [2.24, 2.45) is 11.8 Å². The third-order valence-electron chi connectivity index (χ3n) is 4.00. The van der Waals surface area contributed by atoms with Crippen LogP contribution in [0.3, 0.4) is 0 Å². The van der Waals surface area contributed by atoms with E-state index in [9.17, 15) is 13.2 Å². The molecule has 2 unspecified atom stereocenters. The van der Waals surface area contributed by atoms with E-state index < -0.39 is 11.7 Å². The molecule has 1 aromatic heterocycles. The predicted molar refractivity (Wildman–Crippen MR) is 73.5 cm³/mol. The maximum Gasteiger partial charge on any atom is 0.419 e. The molecule has 5 heteroatoms. The van der Waals surface area contributed by atoms with Crippen LogP contribution in [-0.4, -0.2) is 11.5 Å². The summed E-state index contributed by atoms with van der Waals surface area (Å²) in [6, 6.07) is 2.38. The standard InChI is InChI=1S/C15H21F3N2/c1-11-4-2-5-12(10-11)7-9-20-14-13(15(16,17)18)6-3-8-19-14/h3,6,8,11-12H,2,4-5,7,9-10H2,1H3,(H,19,20). The normalized spacial score (nSPS) is 23.6. The number of rotatable bonds is 4. The van der Waals surface area contributed by atoms with Crippen molar-refractivity contribution >= 4 is 5.82 Å². The van der Waals surface area contributed by atoms with Crippen LogP contribution in [0.1, 0.15) is 44.6 Å². The number of alkyl halides is 3. The van der Waals surface area contributed by atoms with Crippen molar-refractivity contribution < 1.29 is 13.2 Å². The summed E-state index contributed by atoms with van der Waals surface area (Å²) in [6.07, 6.45) is 2.86. The molecule has 1 aliphatic rings. The minimum absolute atomic E-state index is 0.0520. The zero-order valence-corrected chi connectivity index (χ0v) is 11.7. The van der Waals surface area contributed by atoms with E-state index >= 15 is 0 Å². The number of hydrogen-bond donors (Lipinski definition) is 1. The fourth-order valence-electron chi connectivity index (χ4n) is 2.99. The van der Waals surface area contributed by atoms with Gasteiger partial charge in [0.25, 0.3) is 0 Å². The molecule has 0 aliphatic heterocycles. The Morgan fingerprint density at radius 1 is 1.35 bits per heavy atom. The number of aromatic nitrogens is 1. The highest BCUT2D eigenvalue weighted by Gasteiger charge is 2.34. The zero-order valence-electron chi connectivity index (χ0n) is 11.7. The molecule has 20 heavy (non-hydrogen) atoms. The Balaban J connectivity index is 1.88. The van der Waals surface area contributed by atoms with E-state index in [0.29, 0.717) is 12.5 Å². The number of anilines is 1. The number of nitrogens with one attached hydrogen (secondary N) is 1. The van der Waals surface area contributed by atoms with Crippen molar-refractivity contribution in [1.82, 2.24) is 4.98 Å². The Bertz CT molecular complexity index is 431. The summed E-state index contributed by atoms with van der Waals surface area (Å²) >= 11 is 0. The van der Waals surface area contributed by atoms with Gasteiger partial charge in [0, 0.05) is 12.7 Å². The van der Waals surface area contributed by atoms with E-state index in [-0.39, 0.29) is 5.82 Å². The molecule has 1 aromatic rings. The zero-order chi connectivity index (χ0) is 14.6. The van der Waals surface area contributed by atoms with Gasteiger partial charge in [-0.25, -0.2) is 4.98 Å². The van der Waals surface area contributed by atoms with Crippen LogP contribution >= 0.6 is 0 Å². The molecule has 0 saturated heterocycles. The highest BCUT2D eigenvalue weighted by atomic mass is 19.4. The highest BCUT2D eigenvalue weighted by Crippen LogP contribution is 2.34. The molecule has 0 bridgehead atoms. The van der Waals surface area contributed by atoms with Gasteiger partial charge in [0.1, 0.15) is 5.82 Å². The lowest BCUT2D eigenvalue weighted by molar-refractivity contribution is -0.137. The fraction of sp³-hybridized carbons (Fsp3) is 0.667. The maximum atomic E-state index is 12.8. The lowest BCUT2D eigenvalue weighted by atomic mass is 9.81. The maximum absolute atomic E-state index is 12.8. The van der Waals surface area contributed by atoms with E-state index in [1.807, 2.05) is 0 Å². The van der Waals surface area contributed by atoms with Gasteiger partial charge in [-0.1, -0.05) is 26.2 Å². The van der Waals surface area contributed by atoms with Crippen LogP contribution in [0.5, 0.6) is 0 Å².